The lowest BCUT2D eigenvalue weighted by Gasteiger charge is -2.36. The van der Waals surface area contributed by atoms with E-state index in [1.54, 1.807) is 24.3 Å². The van der Waals surface area contributed by atoms with Gasteiger partial charge in [-0.15, -0.1) is 0 Å². The predicted molar refractivity (Wildman–Crippen MR) is 122 cm³/mol. The minimum atomic E-state index is -4.36. The Balaban J connectivity index is 1.43. The zero-order valence-corrected chi connectivity index (χ0v) is 19.0. The highest BCUT2D eigenvalue weighted by Crippen LogP contribution is 2.31. The molecular formula is C22H27F3N4O3S. The number of hydrogen-bond donors (Lipinski definition) is 2. The second-order valence-corrected chi connectivity index (χ2v) is 9.65. The minimum absolute atomic E-state index is 0.225. The molecule has 2 N–H and O–H groups in total. The van der Waals surface area contributed by atoms with Crippen LogP contribution in [-0.2, 0) is 16.2 Å². The van der Waals surface area contributed by atoms with E-state index in [1.165, 1.54) is 18.2 Å². The first-order chi connectivity index (χ1) is 15.5. The number of alkyl halides is 3. The molecule has 1 aliphatic rings. The van der Waals surface area contributed by atoms with Crippen molar-refractivity contribution in [3.05, 3.63) is 59.7 Å². The second-order valence-electron chi connectivity index (χ2n) is 7.91. The van der Waals surface area contributed by atoms with Crippen LogP contribution in [0.1, 0.15) is 22.3 Å². The van der Waals surface area contributed by atoms with E-state index in [2.05, 4.69) is 14.9 Å². The second kappa shape index (κ2) is 10.4. The molecule has 2 aromatic rings. The van der Waals surface area contributed by atoms with Gasteiger partial charge in [-0.3, -0.25) is 14.4 Å². The normalized spacial score (nSPS) is 15.3. The van der Waals surface area contributed by atoms with Gasteiger partial charge in [-0.05, 0) is 43.3 Å². The van der Waals surface area contributed by atoms with Gasteiger partial charge in [-0.2, -0.15) is 13.2 Å². The summed E-state index contributed by atoms with van der Waals surface area (Å²) in [4.78, 5) is 16.6. The van der Waals surface area contributed by atoms with Gasteiger partial charge < -0.3 is 10.2 Å². The van der Waals surface area contributed by atoms with Gasteiger partial charge in [0, 0.05) is 38.4 Å². The van der Waals surface area contributed by atoms with Gasteiger partial charge in [-0.25, -0.2) is 8.42 Å². The molecule has 33 heavy (non-hydrogen) atoms. The van der Waals surface area contributed by atoms with Gasteiger partial charge in [0.15, 0.2) is 0 Å². The lowest BCUT2D eigenvalue weighted by Crippen LogP contribution is -2.47. The Labute approximate surface area is 191 Å². The molecule has 1 amide bonds. The molecule has 11 heteroatoms. The minimum Gasteiger partial charge on any atom is -0.369 e. The topological polar surface area (TPSA) is 81.7 Å². The summed E-state index contributed by atoms with van der Waals surface area (Å²) in [6.07, 6.45) is -2.64. The van der Waals surface area contributed by atoms with Crippen LogP contribution in [0.2, 0.25) is 0 Å². The molecule has 0 bridgehead atoms. The highest BCUT2D eigenvalue weighted by Gasteiger charge is 2.31. The average molecular weight is 485 g/mol. The van der Waals surface area contributed by atoms with E-state index < -0.39 is 21.8 Å². The van der Waals surface area contributed by atoms with Crippen molar-refractivity contribution in [1.82, 2.24) is 10.2 Å². The number of rotatable bonds is 8. The van der Waals surface area contributed by atoms with Crippen molar-refractivity contribution in [1.29, 1.82) is 0 Å². The third kappa shape index (κ3) is 7.36. The molecule has 0 spiro atoms. The number of para-hydroxylation sites is 1. The Morgan fingerprint density at radius 2 is 1.73 bits per heavy atom. The van der Waals surface area contributed by atoms with Crippen LogP contribution in [0.15, 0.2) is 48.5 Å². The van der Waals surface area contributed by atoms with E-state index in [9.17, 15) is 26.4 Å². The summed E-state index contributed by atoms with van der Waals surface area (Å²) in [5, 5.41) is 2.80. The number of carbonyl (C=O) groups excluding carboxylic acids is 1. The summed E-state index contributed by atoms with van der Waals surface area (Å²) in [5.41, 5.74) is 0.394. The quantitative estimate of drug-likeness (QED) is 0.563. The monoisotopic (exact) mass is 484 g/mol. The third-order valence-electron chi connectivity index (χ3n) is 5.31. The SMILES string of the molecule is CS(=O)(=O)Nc1ccccc1C(=O)NCCCN1CCN(c2cccc(C(F)(F)F)c2)CC1. The van der Waals surface area contributed by atoms with Gasteiger partial charge in [0.1, 0.15) is 0 Å². The maximum Gasteiger partial charge on any atom is 0.416 e. The standard InChI is InChI=1S/C22H27F3N4O3S/c1-33(31,32)27-20-9-3-2-8-19(20)21(30)26-10-5-11-28-12-14-29(15-13-28)18-7-4-6-17(16-18)22(23,24)25/h2-4,6-9,16,27H,5,10-15H2,1H3,(H,26,30). The van der Waals surface area contributed by atoms with Gasteiger partial charge >= 0.3 is 6.18 Å². The zero-order chi connectivity index (χ0) is 24.1. The molecule has 1 fully saturated rings. The summed E-state index contributed by atoms with van der Waals surface area (Å²) in [6.45, 7) is 3.83. The van der Waals surface area contributed by atoms with Crippen molar-refractivity contribution in [3.8, 4) is 0 Å². The van der Waals surface area contributed by atoms with E-state index in [-0.39, 0.29) is 17.2 Å². The Morgan fingerprint density at radius 1 is 1.03 bits per heavy atom. The number of piperazine rings is 1. The number of nitrogens with one attached hydrogen (secondary N) is 2. The summed E-state index contributed by atoms with van der Waals surface area (Å²) < 4.78 is 64.1. The molecule has 2 aromatic carbocycles. The molecule has 3 rings (SSSR count). The Morgan fingerprint density at radius 3 is 2.39 bits per heavy atom. The first-order valence-corrected chi connectivity index (χ1v) is 12.4. The summed E-state index contributed by atoms with van der Waals surface area (Å²) in [5.74, 6) is -0.365. The molecule has 0 atom stereocenters. The zero-order valence-electron chi connectivity index (χ0n) is 18.2. The fourth-order valence-corrected chi connectivity index (χ4v) is 4.26. The number of carbonyl (C=O) groups is 1. The maximum atomic E-state index is 12.9. The van der Waals surface area contributed by atoms with Gasteiger partial charge in [0.25, 0.3) is 5.91 Å². The number of nitrogens with zero attached hydrogens (tertiary/aromatic N) is 2. The van der Waals surface area contributed by atoms with E-state index >= 15 is 0 Å². The van der Waals surface area contributed by atoms with Crippen LogP contribution in [0.5, 0.6) is 0 Å². The summed E-state index contributed by atoms with van der Waals surface area (Å²) in [6, 6.07) is 11.8. The number of sulfonamides is 1. The van der Waals surface area contributed by atoms with Crippen LogP contribution in [0.4, 0.5) is 24.5 Å². The number of halogens is 3. The molecule has 1 saturated heterocycles. The van der Waals surface area contributed by atoms with Gasteiger partial charge in [-0.1, -0.05) is 18.2 Å². The van der Waals surface area contributed by atoms with Gasteiger partial charge in [0.2, 0.25) is 10.0 Å². The van der Waals surface area contributed by atoms with E-state index in [0.717, 1.165) is 18.9 Å². The molecule has 0 saturated carbocycles. The fraction of sp³-hybridized carbons (Fsp3) is 0.409. The molecule has 0 aliphatic carbocycles. The van der Waals surface area contributed by atoms with Crippen LogP contribution >= 0.6 is 0 Å². The van der Waals surface area contributed by atoms with Gasteiger partial charge in [0.05, 0.1) is 23.1 Å². The summed E-state index contributed by atoms with van der Waals surface area (Å²) >= 11 is 0. The first-order valence-electron chi connectivity index (χ1n) is 10.5. The number of amides is 1. The van der Waals surface area contributed by atoms with Crippen LogP contribution < -0.4 is 14.9 Å². The van der Waals surface area contributed by atoms with Crippen molar-refractivity contribution < 1.29 is 26.4 Å². The molecule has 0 aromatic heterocycles. The molecular weight excluding hydrogens is 457 g/mol. The van der Waals surface area contributed by atoms with E-state index in [1.807, 2.05) is 4.90 Å². The third-order valence-corrected chi connectivity index (χ3v) is 5.91. The van der Waals surface area contributed by atoms with E-state index in [0.29, 0.717) is 44.8 Å². The molecule has 1 aliphatic heterocycles. The smallest absolute Gasteiger partial charge is 0.369 e. The Bertz CT molecular complexity index is 1070. The first kappa shape index (κ1) is 24.8. The molecule has 0 unspecified atom stereocenters. The predicted octanol–water partition coefficient (Wildman–Crippen LogP) is 3.02. The van der Waals surface area contributed by atoms with Crippen LogP contribution in [0, 0.1) is 0 Å². The number of hydrogen-bond acceptors (Lipinski definition) is 5. The van der Waals surface area contributed by atoms with Crippen molar-refractivity contribution in [2.24, 2.45) is 0 Å². The van der Waals surface area contributed by atoms with Crippen molar-refractivity contribution in [2.75, 3.05) is 55.1 Å². The summed E-state index contributed by atoms with van der Waals surface area (Å²) in [7, 11) is -3.50. The fourth-order valence-electron chi connectivity index (χ4n) is 3.68. The Kier molecular flexibility index (Phi) is 7.85. The van der Waals surface area contributed by atoms with Crippen LogP contribution in [0.25, 0.3) is 0 Å². The van der Waals surface area contributed by atoms with Crippen LogP contribution in [-0.4, -0.2) is 64.7 Å². The maximum absolute atomic E-state index is 12.9. The molecule has 0 radical (unpaired) electrons. The largest absolute Gasteiger partial charge is 0.416 e. The molecule has 180 valence electrons. The molecule has 7 nitrogen and oxygen atoms in total. The lowest BCUT2D eigenvalue weighted by atomic mass is 10.1. The number of benzene rings is 2. The van der Waals surface area contributed by atoms with Crippen LogP contribution in [0.3, 0.4) is 0 Å². The highest BCUT2D eigenvalue weighted by molar-refractivity contribution is 7.92. The Hall–Kier alpha value is -2.79. The number of anilines is 2. The van der Waals surface area contributed by atoms with Crippen molar-refractivity contribution in [3.63, 3.8) is 0 Å². The lowest BCUT2D eigenvalue weighted by molar-refractivity contribution is -0.137. The van der Waals surface area contributed by atoms with Crippen molar-refractivity contribution >= 4 is 27.3 Å². The van der Waals surface area contributed by atoms with Crippen molar-refractivity contribution in [2.45, 2.75) is 12.6 Å². The average Bonchev–Trinajstić information content (AvgIpc) is 2.76. The highest BCUT2D eigenvalue weighted by atomic mass is 32.2. The molecule has 1 heterocycles. The van der Waals surface area contributed by atoms with E-state index in [4.69, 9.17) is 0 Å².